The van der Waals surface area contributed by atoms with E-state index in [2.05, 4.69) is 25.7 Å². The van der Waals surface area contributed by atoms with Crippen LogP contribution in [0.15, 0.2) is 24.3 Å². The molecular weight excluding hydrogens is 448 g/mol. The van der Waals surface area contributed by atoms with Crippen molar-refractivity contribution in [3.8, 4) is 11.8 Å². The zero-order chi connectivity index (χ0) is 24.0. The van der Waals surface area contributed by atoms with Crippen LogP contribution in [0.3, 0.4) is 0 Å². The third-order valence-electron chi connectivity index (χ3n) is 5.75. The van der Waals surface area contributed by atoms with E-state index in [0.29, 0.717) is 31.0 Å². The topological polar surface area (TPSA) is 83.9 Å². The first-order valence-corrected chi connectivity index (χ1v) is 12.6. The van der Waals surface area contributed by atoms with Crippen LogP contribution in [0.5, 0.6) is 0 Å². The van der Waals surface area contributed by atoms with Crippen molar-refractivity contribution >= 4 is 34.8 Å². The van der Waals surface area contributed by atoms with E-state index in [0.717, 1.165) is 5.56 Å². The van der Waals surface area contributed by atoms with E-state index in [1.807, 2.05) is 54.2 Å². The van der Waals surface area contributed by atoms with Crippen molar-refractivity contribution in [3.05, 3.63) is 34.9 Å². The summed E-state index contributed by atoms with van der Waals surface area (Å²) < 4.78 is 14.8. The van der Waals surface area contributed by atoms with Gasteiger partial charge in [0.15, 0.2) is 0 Å². The number of hydrogen-bond acceptors (Lipinski definition) is 4. The summed E-state index contributed by atoms with van der Waals surface area (Å²) >= 11 is 4.91. The molecule has 8 heteroatoms. The number of rotatable bonds is 8. The molecule has 0 radical (unpaired) electrons. The van der Waals surface area contributed by atoms with Crippen molar-refractivity contribution in [3.63, 3.8) is 0 Å². The second-order valence-corrected chi connectivity index (χ2v) is 11.1. The molecule has 4 atom stereocenters. The van der Waals surface area contributed by atoms with E-state index >= 15 is 0 Å². The molecule has 0 saturated carbocycles. The van der Waals surface area contributed by atoms with Crippen molar-refractivity contribution in [2.24, 2.45) is 11.8 Å². The van der Waals surface area contributed by atoms with E-state index in [4.69, 9.17) is 16.7 Å². The third-order valence-corrected chi connectivity index (χ3v) is 7.73. The van der Waals surface area contributed by atoms with E-state index in [1.54, 1.807) is 0 Å². The number of carbonyl (C=O) groups is 2. The van der Waals surface area contributed by atoms with E-state index in [-0.39, 0.29) is 29.2 Å². The lowest BCUT2D eigenvalue weighted by Crippen LogP contribution is -2.55. The van der Waals surface area contributed by atoms with E-state index in [9.17, 15) is 14.1 Å². The summed E-state index contributed by atoms with van der Waals surface area (Å²) in [6, 6.07) is 7.09. The van der Waals surface area contributed by atoms with Crippen LogP contribution in [0, 0.1) is 23.7 Å². The summed E-state index contributed by atoms with van der Waals surface area (Å²) in [5.74, 6) is 2.79. The molecule has 6 nitrogen and oxygen atoms in total. The molecule has 32 heavy (non-hydrogen) atoms. The number of hydrogen-bond donors (Lipinski definition) is 1. The lowest BCUT2D eigenvalue weighted by Gasteiger charge is -2.46. The Morgan fingerprint density at radius 1 is 1.28 bits per heavy atom. The fourth-order valence-corrected chi connectivity index (χ4v) is 5.34. The second kappa shape index (κ2) is 11.9. The lowest BCUT2D eigenvalue weighted by atomic mass is 9.85. The Balaban J connectivity index is 2.47. The molecule has 1 saturated heterocycles. The van der Waals surface area contributed by atoms with Crippen LogP contribution in [0.25, 0.3) is 0 Å². The average Bonchev–Trinajstić information content (AvgIpc) is 2.74. The minimum Gasteiger partial charge on any atom is -0.598 e. The largest absolute Gasteiger partial charge is 0.598 e. The summed E-state index contributed by atoms with van der Waals surface area (Å²) in [7, 11) is 0. The maximum atomic E-state index is 13.6. The maximum Gasteiger partial charge on any atom is 0.381 e. The minimum absolute atomic E-state index is 0.0268. The third kappa shape index (κ3) is 6.64. The van der Waals surface area contributed by atoms with Gasteiger partial charge in [-0.05, 0) is 57.2 Å². The summed E-state index contributed by atoms with van der Waals surface area (Å²) in [6.07, 6.45) is 1.15. The summed E-state index contributed by atoms with van der Waals surface area (Å²) in [5.41, 5.74) is 0.978. The number of nitrogens with zero attached hydrogens (tertiary/aromatic N) is 2. The van der Waals surface area contributed by atoms with Crippen molar-refractivity contribution < 1.29 is 19.2 Å². The maximum absolute atomic E-state index is 13.6. The van der Waals surface area contributed by atoms with Gasteiger partial charge in [0.1, 0.15) is 5.25 Å². The molecule has 1 N–H and O–H groups in total. The molecule has 2 rings (SSSR count). The van der Waals surface area contributed by atoms with Crippen molar-refractivity contribution in [2.45, 2.75) is 64.8 Å². The summed E-state index contributed by atoms with van der Waals surface area (Å²) in [5, 5.41) is 9.56. The predicted molar refractivity (Wildman–Crippen MR) is 128 cm³/mol. The molecule has 1 heterocycles. The molecule has 1 amide bonds. The minimum atomic E-state index is -1.24. The smallest absolute Gasteiger partial charge is 0.381 e. The highest BCUT2D eigenvalue weighted by Gasteiger charge is 2.42. The number of benzene rings is 1. The van der Waals surface area contributed by atoms with Crippen LogP contribution < -0.4 is 0 Å². The van der Waals surface area contributed by atoms with Crippen LogP contribution >= 0.6 is 11.6 Å². The highest BCUT2D eigenvalue weighted by molar-refractivity contribution is 7.89. The molecule has 1 aromatic carbocycles. The number of carbonyl (C=O) groups excluding carboxylic acids is 1. The van der Waals surface area contributed by atoms with Gasteiger partial charge in [0.05, 0.1) is 24.5 Å². The van der Waals surface area contributed by atoms with Crippen LogP contribution in [-0.4, -0.2) is 55.1 Å². The average molecular weight is 481 g/mol. The van der Waals surface area contributed by atoms with Gasteiger partial charge >= 0.3 is 5.97 Å². The molecule has 0 spiro atoms. The van der Waals surface area contributed by atoms with Crippen LogP contribution in [0.4, 0.5) is 0 Å². The Hall–Kier alpha value is -1.72. The number of likely N-dealkylation sites (N-methyl/N-ethyl adjacent to an activating group) is 1. The van der Waals surface area contributed by atoms with Gasteiger partial charge in [-0.2, -0.15) is 0 Å². The van der Waals surface area contributed by atoms with Gasteiger partial charge in [-0.1, -0.05) is 43.5 Å². The fourth-order valence-electron chi connectivity index (χ4n) is 4.07. The first-order valence-electron chi connectivity index (χ1n) is 11.0. The standard InChI is InChI=1S/C24H33ClN2O4S/c1-6-26(32(31)17(4)5)15-22(16(2)3)27-21(18-7-11-20(25)12-8-18)13-9-19(24(27)30)10-14-23(28)29/h7-8,11-12,16-17,19,21-22H,6,9,13,15H2,1-5H3,(H,28,29). The molecule has 0 aliphatic carbocycles. The monoisotopic (exact) mass is 480 g/mol. The fraction of sp³-hybridized carbons (Fsp3) is 0.583. The summed E-state index contributed by atoms with van der Waals surface area (Å²) in [6.45, 7) is 11.0. The Morgan fingerprint density at radius 2 is 1.91 bits per heavy atom. The van der Waals surface area contributed by atoms with Crippen LogP contribution in [0.1, 0.15) is 59.1 Å². The van der Waals surface area contributed by atoms with Crippen molar-refractivity contribution in [2.75, 3.05) is 13.1 Å². The van der Waals surface area contributed by atoms with Gasteiger partial charge in [0.2, 0.25) is 5.91 Å². The zero-order valence-corrected chi connectivity index (χ0v) is 20.9. The van der Waals surface area contributed by atoms with Gasteiger partial charge in [0, 0.05) is 28.8 Å². The highest BCUT2D eigenvalue weighted by Crippen LogP contribution is 2.38. The van der Waals surface area contributed by atoms with Gasteiger partial charge in [-0.25, -0.2) is 4.79 Å². The van der Waals surface area contributed by atoms with Gasteiger partial charge in [-0.15, -0.1) is 4.31 Å². The lowest BCUT2D eigenvalue weighted by molar-refractivity contribution is -0.144. The SMILES string of the molecule is CCN(CC(C(C)C)N1C(=O)C(C#CC(=O)O)CCC1c1ccc(Cl)cc1)[S+]([O-])C(C)C. The number of likely N-dealkylation sites (tertiary alicyclic amines) is 1. The Morgan fingerprint density at radius 3 is 2.41 bits per heavy atom. The number of carboxylic acids is 1. The number of carboxylic acid groups (broad SMARTS) is 1. The zero-order valence-electron chi connectivity index (χ0n) is 19.4. The molecule has 176 valence electrons. The van der Waals surface area contributed by atoms with E-state index in [1.165, 1.54) is 0 Å². The Kier molecular flexibility index (Phi) is 9.90. The van der Waals surface area contributed by atoms with E-state index < -0.39 is 23.2 Å². The quantitative estimate of drug-likeness (QED) is 0.446. The van der Waals surface area contributed by atoms with Gasteiger partial charge in [-0.3, -0.25) is 4.79 Å². The number of aliphatic carboxylic acids is 1. The van der Waals surface area contributed by atoms with Crippen LogP contribution in [-0.2, 0) is 21.0 Å². The second-order valence-electron chi connectivity index (χ2n) is 8.63. The number of piperidine rings is 1. The van der Waals surface area contributed by atoms with Crippen molar-refractivity contribution in [1.29, 1.82) is 0 Å². The normalized spacial score (nSPS) is 20.9. The van der Waals surface area contributed by atoms with Crippen molar-refractivity contribution in [1.82, 2.24) is 9.21 Å². The highest BCUT2D eigenvalue weighted by atomic mass is 35.5. The predicted octanol–water partition coefficient (Wildman–Crippen LogP) is 4.13. The molecule has 4 unspecified atom stereocenters. The van der Waals surface area contributed by atoms with Gasteiger partial charge in [0.25, 0.3) is 0 Å². The number of amides is 1. The Bertz CT molecular complexity index is 850. The first kappa shape index (κ1) is 26.5. The first-order chi connectivity index (χ1) is 15.1. The number of halogens is 1. The molecule has 1 aromatic rings. The molecule has 1 aliphatic heterocycles. The summed E-state index contributed by atoms with van der Waals surface area (Å²) in [4.78, 5) is 26.4. The molecule has 0 bridgehead atoms. The molecule has 1 aliphatic rings. The molecular formula is C24H33ClN2O4S. The molecule has 0 aromatic heterocycles. The Labute approximate surface area is 199 Å². The van der Waals surface area contributed by atoms with Gasteiger partial charge < -0.3 is 14.6 Å². The van der Waals surface area contributed by atoms with Crippen LogP contribution in [0.2, 0.25) is 5.02 Å². The molecule has 1 fully saturated rings.